The van der Waals surface area contributed by atoms with E-state index in [9.17, 15) is 0 Å². The first kappa shape index (κ1) is 19.0. The van der Waals surface area contributed by atoms with Crippen molar-refractivity contribution < 1.29 is 8.83 Å². The van der Waals surface area contributed by atoms with Gasteiger partial charge in [-0.25, -0.2) is 4.99 Å². The largest absolute Gasteiger partial charge is 0.468 e. The number of nitrogens with zero attached hydrogens (tertiary/aromatic N) is 2. The lowest BCUT2D eigenvalue weighted by molar-refractivity contribution is 0.258. The summed E-state index contributed by atoms with van der Waals surface area (Å²) in [5.41, 5.74) is 2.05. The van der Waals surface area contributed by atoms with E-state index >= 15 is 0 Å². The van der Waals surface area contributed by atoms with E-state index in [-0.39, 0.29) is 6.04 Å². The van der Waals surface area contributed by atoms with Gasteiger partial charge >= 0.3 is 0 Å². The van der Waals surface area contributed by atoms with Crippen LogP contribution in [0, 0.1) is 6.92 Å². The van der Waals surface area contributed by atoms with Gasteiger partial charge in [0.15, 0.2) is 5.96 Å². The summed E-state index contributed by atoms with van der Waals surface area (Å²) in [6.07, 6.45) is 1.70. The number of furan rings is 2. The molecule has 1 aromatic carbocycles. The Kier molecular flexibility index (Phi) is 6.19. The van der Waals surface area contributed by atoms with Crippen LogP contribution in [0.15, 0.2) is 56.5 Å². The van der Waals surface area contributed by atoms with Crippen molar-refractivity contribution in [2.24, 2.45) is 4.99 Å². The van der Waals surface area contributed by atoms with Crippen LogP contribution >= 0.6 is 0 Å². The Bertz CT molecular complexity index is 881. The zero-order chi connectivity index (χ0) is 19.2. The molecule has 2 heterocycles. The lowest BCUT2D eigenvalue weighted by atomic mass is 10.1. The van der Waals surface area contributed by atoms with Crippen LogP contribution in [0.5, 0.6) is 0 Å². The van der Waals surface area contributed by atoms with Gasteiger partial charge in [-0.15, -0.1) is 0 Å². The number of guanidine groups is 1. The molecule has 2 N–H and O–H groups in total. The average Bonchev–Trinajstić information content (AvgIpc) is 3.28. The molecule has 1 unspecified atom stereocenters. The monoisotopic (exact) mass is 368 g/mol. The van der Waals surface area contributed by atoms with Crippen molar-refractivity contribution >= 4 is 16.9 Å². The lowest BCUT2D eigenvalue weighted by Gasteiger charge is -2.23. The number of aliphatic imine (C=N–C) groups is 1. The minimum atomic E-state index is 0.122. The van der Waals surface area contributed by atoms with E-state index < -0.39 is 0 Å². The highest BCUT2D eigenvalue weighted by Crippen LogP contribution is 2.25. The molecule has 0 radical (unpaired) electrons. The molecule has 3 rings (SSSR count). The van der Waals surface area contributed by atoms with Crippen molar-refractivity contribution in [3.63, 3.8) is 0 Å². The summed E-state index contributed by atoms with van der Waals surface area (Å²) in [5, 5.41) is 7.85. The number of aryl methyl sites for hydroxylation is 1. The molecule has 0 fully saturated rings. The van der Waals surface area contributed by atoms with Gasteiger partial charge in [-0.3, -0.25) is 4.90 Å². The van der Waals surface area contributed by atoms with Crippen LogP contribution in [0.2, 0.25) is 0 Å². The number of nitrogens with one attached hydrogen (secondary N) is 2. The molecule has 2 aromatic heterocycles. The standard InChI is InChI=1S/C21H28N4O2/c1-5-22-21(23-13-17(25(3)4)19-11-8-12-26-19)24-14-20-15(2)16-9-6-7-10-18(16)27-20/h6-12,17H,5,13-14H2,1-4H3,(H2,22,23,24). The van der Waals surface area contributed by atoms with Crippen LogP contribution in [0.3, 0.4) is 0 Å². The van der Waals surface area contributed by atoms with E-state index in [1.54, 1.807) is 6.26 Å². The van der Waals surface area contributed by atoms with Crippen molar-refractivity contribution in [1.29, 1.82) is 0 Å². The normalized spacial score (nSPS) is 13.3. The fourth-order valence-electron chi connectivity index (χ4n) is 3.08. The highest BCUT2D eigenvalue weighted by molar-refractivity contribution is 5.82. The molecule has 0 spiro atoms. The van der Waals surface area contributed by atoms with Gasteiger partial charge in [0, 0.05) is 24.0 Å². The molecule has 0 bridgehead atoms. The summed E-state index contributed by atoms with van der Waals surface area (Å²) >= 11 is 0. The topological polar surface area (TPSA) is 65.9 Å². The van der Waals surface area contributed by atoms with Crippen molar-refractivity contribution in [3.05, 3.63) is 59.7 Å². The number of hydrogen-bond acceptors (Lipinski definition) is 4. The number of rotatable bonds is 7. The second-order valence-corrected chi connectivity index (χ2v) is 6.72. The molecule has 0 aliphatic carbocycles. The van der Waals surface area contributed by atoms with E-state index in [2.05, 4.69) is 35.4 Å². The van der Waals surface area contributed by atoms with Gasteiger partial charge in [0.05, 0.1) is 12.3 Å². The second-order valence-electron chi connectivity index (χ2n) is 6.72. The number of para-hydroxylation sites is 1. The molecule has 1 atom stereocenters. The molecular formula is C21H28N4O2. The van der Waals surface area contributed by atoms with Crippen molar-refractivity contribution in [2.45, 2.75) is 26.4 Å². The minimum Gasteiger partial charge on any atom is -0.468 e. The summed E-state index contributed by atoms with van der Waals surface area (Å²) in [6.45, 7) is 6.10. The molecular weight excluding hydrogens is 340 g/mol. The Labute approximate surface area is 160 Å². The zero-order valence-electron chi connectivity index (χ0n) is 16.5. The highest BCUT2D eigenvalue weighted by Gasteiger charge is 2.17. The summed E-state index contributed by atoms with van der Waals surface area (Å²) < 4.78 is 11.5. The summed E-state index contributed by atoms with van der Waals surface area (Å²) in [4.78, 5) is 6.83. The van der Waals surface area contributed by atoms with E-state index in [4.69, 9.17) is 13.8 Å². The average molecular weight is 368 g/mol. The van der Waals surface area contributed by atoms with Gasteiger partial charge < -0.3 is 19.5 Å². The molecule has 27 heavy (non-hydrogen) atoms. The third-order valence-electron chi connectivity index (χ3n) is 4.63. The second kappa shape index (κ2) is 8.77. The van der Waals surface area contributed by atoms with Crippen LogP contribution in [-0.2, 0) is 6.54 Å². The molecule has 0 amide bonds. The summed E-state index contributed by atoms with van der Waals surface area (Å²) in [5.74, 6) is 2.58. The first-order chi connectivity index (χ1) is 13.1. The summed E-state index contributed by atoms with van der Waals surface area (Å²) in [7, 11) is 4.08. The SMILES string of the molecule is CCNC(=NCc1oc2ccccc2c1C)NCC(c1ccco1)N(C)C. The van der Waals surface area contributed by atoms with Crippen LogP contribution in [0.4, 0.5) is 0 Å². The number of likely N-dealkylation sites (N-methyl/N-ethyl adjacent to an activating group) is 1. The smallest absolute Gasteiger partial charge is 0.191 e. The fourth-order valence-corrected chi connectivity index (χ4v) is 3.08. The summed E-state index contributed by atoms with van der Waals surface area (Å²) in [6, 6.07) is 12.1. The maximum absolute atomic E-state index is 5.96. The van der Waals surface area contributed by atoms with Crippen LogP contribution in [-0.4, -0.2) is 38.0 Å². The molecule has 0 saturated carbocycles. The predicted molar refractivity (Wildman–Crippen MR) is 109 cm³/mol. The van der Waals surface area contributed by atoms with Crippen molar-refractivity contribution in [3.8, 4) is 0 Å². The zero-order valence-corrected chi connectivity index (χ0v) is 16.5. The van der Waals surface area contributed by atoms with Gasteiger partial charge in [0.2, 0.25) is 0 Å². The van der Waals surface area contributed by atoms with Crippen LogP contribution in [0.25, 0.3) is 11.0 Å². The Morgan fingerprint density at radius 2 is 1.96 bits per heavy atom. The quantitative estimate of drug-likeness (QED) is 0.492. The molecule has 3 aromatic rings. The Morgan fingerprint density at radius 1 is 1.15 bits per heavy atom. The minimum absolute atomic E-state index is 0.122. The van der Waals surface area contributed by atoms with Crippen molar-refractivity contribution in [1.82, 2.24) is 15.5 Å². The molecule has 6 heteroatoms. The first-order valence-corrected chi connectivity index (χ1v) is 9.29. The Hall–Kier alpha value is -2.73. The third-order valence-corrected chi connectivity index (χ3v) is 4.63. The molecule has 6 nitrogen and oxygen atoms in total. The predicted octanol–water partition coefficient (Wildman–Crippen LogP) is 3.69. The maximum Gasteiger partial charge on any atom is 0.191 e. The first-order valence-electron chi connectivity index (χ1n) is 9.29. The molecule has 0 aliphatic rings. The van der Waals surface area contributed by atoms with E-state index in [1.807, 2.05) is 44.4 Å². The maximum atomic E-state index is 5.96. The number of fused-ring (bicyclic) bond motifs is 1. The van der Waals surface area contributed by atoms with Crippen LogP contribution in [0.1, 0.15) is 30.0 Å². The van der Waals surface area contributed by atoms with Gasteiger partial charge in [0.25, 0.3) is 0 Å². The third kappa shape index (κ3) is 4.52. The molecule has 0 saturated heterocycles. The van der Waals surface area contributed by atoms with Crippen LogP contribution < -0.4 is 10.6 Å². The van der Waals surface area contributed by atoms with Gasteiger partial charge in [-0.2, -0.15) is 0 Å². The fraction of sp³-hybridized carbons (Fsp3) is 0.381. The van der Waals surface area contributed by atoms with E-state index in [0.29, 0.717) is 13.1 Å². The Morgan fingerprint density at radius 3 is 2.63 bits per heavy atom. The van der Waals surface area contributed by atoms with Gasteiger partial charge in [0.1, 0.15) is 23.6 Å². The van der Waals surface area contributed by atoms with Gasteiger partial charge in [-0.1, -0.05) is 18.2 Å². The molecule has 144 valence electrons. The highest BCUT2D eigenvalue weighted by atomic mass is 16.3. The lowest BCUT2D eigenvalue weighted by Crippen LogP contribution is -2.41. The Balaban J connectivity index is 1.71. The van der Waals surface area contributed by atoms with Gasteiger partial charge in [-0.05, 0) is 46.1 Å². The van der Waals surface area contributed by atoms with E-state index in [0.717, 1.165) is 40.6 Å². The van der Waals surface area contributed by atoms with Crippen molar-refractivity contribution in [2.75, 3.05) is 27.2 Å². The number of benzene rings is 1. The molecule has 0 aliphatic heterocycles. The number of hydrogen-bond donors (Lipinski definition) is 2. The van der Waals surface area contributed by atoms with E-state index in [1.165, 1.54) is 0 Å².